The predicted octanol–water partition coefficient (Wildman–Crippen LogP) is 1.72. The highest BCUT2D eigenvalue weighted by Gasteiger charge is 2.17. The number of aliphatic imine (C=N–C) groups is 1. The maximum absolute atomic E-state index is 11.9. The summed E-state index contributed by atoms with van der Waals surface area (Å²) in [7, 11) is 5.39. The van der Waals surface area contributed by atoms with E-state index in [4.69, 9.17) is 21.1 Å². The van der Waals surface area contributed by atoms with Crippen LogP contribution >= 0.6 is 11.6 Å². The summed E-state index contributed by atoms with van der Waals surface area (Å²) in [6, 6.07) is 7.27. The summed E-state index contributed by atoms with van der Waals surface area (Å²) in [6.07, 6.45) is 1.04. The Morgan fingerprint density at radius 3 is 2.70 bits per heavy atom. The molecule has 8 heteroatoms. The molecule has 1 unspecified atom stereocenters. The number of guanidine groups is 1. The fourth-order valence-corrected chi connectivity index (χ4v) is 2.64. The molecule has 2 rings (SSSR count). The van der Waals surface area contributed by atoms with Gasteiger partial charge in [0.15, 0.2) is 5.96 Å². The first-order valence-electron chi connectivity index (χ1n) is 9.11. The molecule has 1 heterocycles. The van der Waals surface area contributed by atoms with E-state index in [-0.39, 0.29) is 12.5 Å². The molecular weight excluding hydrogens is 368 g/mol. The van der Waals surface area contributed by atoms with Crippen LogP contribution in [0.2, 0.25) is 5.02 Å². The lowest BCUT2D eigenvalue weighted by molar-refractivity contribution is -0.127. The zero-order chi connectivity index (χ0) is 19.6. The molecule has 0 aromatic heterocycles. The third-order valence-electron chi connectivity index (χ3n) is 4.31. The number of amides is 1. The van der Waals surface area contributed by atoms with Crippen LogP contribution in [-0.2, 0) is 9.53 Å². The van der Waals surface area contributed by atoms with Crippen molar-refractivity contribution >= 4 is 23.5 Å². The minimum atomic E-state index is -0.0377. The third kappa shape index (κ3) is 7.64. The van der Waals surface area contributed by atoms with E-state index in [9.17, 15) is 4.79 Å². The molecule has 1 amide bonds. The van der Waals surface area contributed by atoms with Gasteiger partial charge in [-0.25, -0.2) is 4.99 Å². The number of rotatable bonds is 8. The van der Waals surface area contributed by atoms with Crippen LogP contribution in [0.3, 0.4) is 0 Å². The number of ether oxygens (including phenoxy) is 2. The molecule has 0 bridgehead atoms. The van der Waals surface area contributed by atoms with Crippen LogP contribution in [-0.4, -0.2) is 82.3 Å². The van der Waals surface area contributed by atoms with E-state index in [1.54, 1.807) is 26.2 Å². The average molecular weight is 397 g/mol. The van der Waals surface area contributed by atoms with Crippen molar-refractivity contribution in [2.45, 2.75) is 6.42 Å². The summed E-state index contributed by atoms with van der Waals surface area (Å²) in [5.41, 5.74) is 0. The van der Waals surface area contributed by atoms with Gasteiger partial charge < -0.3 is 24.6 Å². The molecule has 0 radical (unpaired) electrons. The molecule has 7 nitrogen and oxygen atoms in total. The largest absolute Gasteiger partial charge is 0.492 e. The highest BCUT2D eigenvalue weighted by molar-refractivity contribution is 6.30. The number of hydrogen-bond donors (Lipinski definition) is 1. The molecule has 1 saturated heterocycles. The Balaban J connectivity index is 1.87. The van der Waals surface area contributed by atoms with Gasteiger partial charge in [-0.3, -0.25) is 4.79 Å². The lowest BCUT2D eigenvalue weighted by Crippen LogP contribution is -2.43. The van der Waals surface area contributed by atoms with Gasteiger partial charge in [-0.15, -0.1) is 0 Å². The second kappa shape index (κ2) is 11.0. The summed E-state index contributed by atoms with van der Waals surface area (Å²) < 4.78 is 11.2. The monoisotopic (exact) mass is 396 g/mol. The van der Waals surface area contributed by atoms with Gasteiger partial charge in [0.25, 0.3) is 0 Å². The molecule has 0 aliphatic carbocycles. The smallest absolute Gasteiger partial charge is 0.243 e. The average Bonchev–Trinajstić information content (AvgIpc) is 3.16. The molecular formula is C19H29ClN4O3. The van der Waals surface area contributed by atoms with Crippen molar-refractivity contribution in [3.63, 3.8) is 0 Å². The van der Waals surface area contributed by atoms with Gasteiger partial charge in [-0.05, 0) is 30.7 Å². The van der Waals surface area contributed by atoms with Crippen LogP contribution in [0, 0.1) is 5.92 Å². The van der Waals surface area contributed by atoms with E-state index >= 15 is 0 Å². The van der Waals surface area contributed by atoms with Crippen molar-refractivity contribution in [1.82, 2.24) is 15.1 Å². The number of likely N-dealkylation sites (N-methyl/N-ethyl adjacent to an activating group) is 2. The van der Waals surface area contributed by atoms with Gasteiger partial charge in [-0.2, -0.15) is 0 Å². The first-order chi connectivity index (χ1) is 13.0. The fourth-order valence-electron chi connectivity index (χ4n) is 2.51. The van der Waals surface area contributed by atoms with Crippen molar-refractivity contribution in [2.24, 2.45) is 10.9 Å². The molecule has 0 saturated carbocycles. The van der Waals surface area contributed by atoms with Crippen molar-refractivity contribution in [2.75, 3.05) is 60.6 Å². The maximum Gasteiger partial charge on any atom is 0.243 e. The second-order valence-corrected chi connectivity index (χ2v) is 7.20. The standard InChI is InChI=1S/C19H29ClN4O3/c1-23(2)18(25)13-22-19(21-12-15-8-10-26-14-15)24(3)9-11-27-17-6-4-16(20)5-7-17/h4-7,15H,8-14H2,1-3H3,(H,21,22). The zero-order valence-corrected chi connectivity index (χ0v) is 17.0. The van der Waals surface area contributed by atoms with Crippen molar-refractivity contribution in [3.8, 4) is 5.75 Å². The van der Waals surface area contributed by atoms with Crippen LogP contribution in [0.4, 0.5) is 0 Å². The van der Waals surface area contributed by atoms with E-state index in [2.05, 4.69) is 10.3 Å². The van der Waals surface area contributed by atoms with Gasteiger partial charge in [0, 0.05) is 45.2 Å². The van der Waals surface area contributed by atoms with E-state index in [1.165, 1.54) is 4.90 Å². The zero-order valence-electron chi connectivity index (χ0n) is 16.3. The second-order valence-electron chi connectivity index (χ2n) is 6.76. The Kier molecular flexibility index (Phi) is 8.67. The predicted molar refractivity (Wildman–Crippen MR) is 108 cm³/mol. The minimum Gasteiger partial charge on any atom is -0.492 e. The lowest BCUT2D eigenvalue weighted by atomic mass is 10.1. The SMILES string of the molecule is CN(C)C(=O)CN=C(NCC1CCOC1)N(C)CCOc1ccc(Cl)cc1. The highest BCUT2D eigenvalue weighted by Crippen LogP contribution is 2.15. The first-order valence-corrected chi connectivity index (χ1v) is 9.49. The van der Waals surface area contributed by atoms with Gasteiger partial charge in [0.1, 0.15) is 18.9 Å². The van der Waals surface area contributed by atoms with Crippen molar-refractivity contribution in [3.05, 3.63) is 29.3 Å². The highest BCUT2D eigenvalue weighted by atomic mass is 35.5. The molecule has 150 valence electrons. The number of benzene rings is 1. The van der Waals surface area contributed by atoms with Crippen LogP contribution in [0.5, 0.6) is 5.75 Å². The molecule has 1 aliphatic rings. The molecule has 0 spiro atoms. The summed E-state index contributed by atoms with van der Waals surface area (Å²) >= 11 is 5.88. The van der Waals surface area contributed by atoms with Crippen molar-refractivity contribution < 1.29 is 14.3 Å². The van der Waals surface area contributed by atoms with Gasteiger partial charge in [-0.1, -0.05) is 11.6 Å². The minimum absolute atomic E-state index is 0.0377. The van der Waals surface area contributed by atoms with E-state index < -0.39 is 0 Å². The van der Waals surface area contributed by atoms with Gasteiger partial charge in [0.05, 0.1) is 13.2 Å². The molecule has 1 aliphatic heterocycles. The Morgan fingerprint density at radius 1 is 1.33 bits per heavy atom. The molecule has 27 heavy (non-hydrogen) atoms. The van der Waals surface area contributed by atoms with Crippen LogP contribution < -0.4 is 10.1 Å². The Morgan fingerprint density at radius 2 is 2.07 bits per heavy atom. The molecule has 1 N–H and O–H groups in total. The van der Waals surface area contributed by atoms with E-state index in [0.29, 0.717) is 30.1 Å². The topological polar surface area (TPSA) is 66.4 Å². The van der Waals surface area contributed by atoms with E-state index in [1.807, 2.05) is 24.1 Å². The molecule has 1 aromatic rings. The summed E-state index contributed by atoms with van der Waals surface area (Å²) in [5.74, 6) is 1.89. The number of nitrogens with zero attached hydrogens (tertiary/aromatic N) is 3. The Bertz CT molecular complexity index is 616. The maximum atomic E-state index is 11.9. The third-order valence-corrected chi connectivity index (χ3v) is 4.56. The van der Waals surface area contributed by atoms with Crippen LogP contribution in [0.15, 0.2) is 29.3 Å². The molecule has 1 fully saturated rings. The normalized spacial score (nSPS) is 16.9. The number of nitrogens with one attached hydrogen (secondary N) is 1. The fraction of sp³-hybridized carbons (Fsp3) is 0.579. The number of carbonyl (C=O) groups is 1. The lowest BCUT2D eigenvalue weighted by Gasteiger charge is -2.24. The molecule has 1 atom stereocenters. The quantitative estimate of drug-likeness (QED) is 0.535. The summed E-state index contributed by atoms with van der Waals surface area (Å²) in [5, 5.41) is 4.04. The number of halogens is 1. The molecule has 1 aromatic carbocycles. The summed E-state index contributed by atoms with van der Waals surface area (Å²) in [4.78, 5) is 19.8. The van der Waals surface area contributed by atoms with Crippen LogP contribution in [0.25, 0.3) is 0 Å². The van der Waals surface area contributed by atoms with Crippen LogP contribution in [0.1, 0.15) is 6.42 Å². The number of hydrogen-bond acceptors (Lipinski definition) is 4. The van der Waals surface area contributed by atoms with Crippen molar-refractivity contribution in [1.29, 1.82) is 0 Å². The van der Waals surface area contributed by atoms with E-state index in [0.717, 1.165) is 31.9 Å². The Hall–Kier alpha value is -1.99. The number of carbonyl (C=O) groups excluding carboxylic acids is 1. The first kappa shape index (κ1) is 21.3. The Labute approximate surface area is 166 Å². The van der Waals surface area contributed by atoms with Gasteiger partial charge in [0.2, 0.25) is 5.91 Å². The van der Waals surface area contributed by atoms with Gasteiger partial charge >= 0.3 is 0 Å². The summed E-state index contributed by atoms with van der Waals surface area (Å²) in [6.45, 7) is 3.58.